The van der Waals surface area contributed by atoms with Gasteiger partial charge in [0.15, 0.2) is 0 Å². The minimum atomic E-state index is -0.294. The Hall–Kier alpha value is -2.74. The van der Waals surface area contributed by atoms with E-state index in [1.165, 1.54) is 11.3 Å². The van der Waals surface area contributed by atoms with E-state index in [4.69, 9.17) is 0 Å². The van der Waals surface area contributed by atoms with E-state index in [0.29, 0.717) is 37.5 Å². The molecule has 2 aliphatic rings. The van der Waals surface area contributed by atoms with E-state index in [1.54, 1.807) is 4.90 Å². The summed E-state index contributed by atoms with van der Waals surface area (Å²) in [5.74, 6) is 0.0282. The van der Waals surface area contributed by atoms with Crippen molar-refractivity contribution in [2.45, 2.75) is 45.6 Å². The highest BCUT2D eigenvalue weighted by atomic mass is 32.1. The van der Waals surface area contributed by atoms with Crippen molar-refractivity contribution in [3.63, 3.8) is 0 Å². The molecule has 2 fully saturated rings. The molecule has 3 amide bonds. The van der Waals surface area contributed by atoms with Gasteiger partial charge in [0, 0.05) is 32.1 Å². The summed E-state index contributed by atoms with van der Waals surface area (Å²) in [5, 5.41) is 3.82. The fraction of sp³-hybridized carbons (Fsp3) is 0.500. The van der Waals surface area contributed by atoms with Gasteiger partial charge in [-0.2, -0.15) is 0 Å². The van der Waals surface area contributed by atoms with Crippen LogP contribution in [0, 0.1) is 19.8 Å². The molecule has 170 valence electrons. The number of benzene rings is 1. The highest BCUT2D eigenvalue weighted by molar-refractivity contribution is 7.13. The lowest BCUT2D eigenvalue weighted by atomic mass is 10.0. The first-order chi connectivity index (χ1) is 15.4. The number of hydrogen-bond donors (Lipinski definition) is 1. The predicted molar refractivity (Wildman–Crippen MR) is 123 cm³/mol. The lowest BCUT2D eigenvalue weighted by Gasteiger charge is -2.32. The monoisotopic (exact) mass is 454 g/mol. The number of carbonyl (C=O) groups excluding carboxylic acids is 3. The predicted octanol–water partition coefficient (Wildman–Crippen LogP) is 3.09. The third kappa shape index (κ3) is 5.18. The zero-order valence-electron chi connectivity index (χ0n) is 18.7. The van der Waals surface area contributed by atoms with Crippen LogP contribution in [-0.2, 0) is 9.59 Å². The maximum Gasteiger partial charge on any atom is 0.265 e. The third-order valence-corrected chi connectivity index (χ3v) is 7.13. The van der Waals surface area contributed by atoms with Gasteiger partial charge < -0.3 is 15.1 Å². The molecule has 2 heterocycles. The van der Waals surface area contributed by atoms with Gasteiger partial charge in [-0.25, -0.2) is 4.98 Å². The summed E-state index contributed by atoms with van der Waals surface area (Å²) in [7, 11) is 0. The van der Waals surface area contributed by atoms with E-state index in [-0.39, 0.29) is 36.1 Å². The SMILES string of the molecule is Cc1nc(C)c(C(=O)N2CCCN(C(=O)C3CC3)C(c3ccccc3)CC(=O)NCC2)s1. The number of nitrogens with zero attached hydrogens (tertiary/aromatic N) is 3. The number of rotatable bonds is 3. The van der Waals surface area contributed by atoms with Crippen molar-refractivity contribution in [1.82, 2.24) is 20.1 Å². The quantitative estimate of drug-likeness (QED) is 0.773. The first-order valence-electron chi connectivity index (χ1n) is 11.3. The van der Waals surface area contributed by atoms with Crippen molar-refractivity contribution in [2.24, 2.45) is 5.92 Å². The Morgan fingerprint density at radius 2 is 1.84 bits per heavy atom. The molecule has 1 saturated heterocycles. The van der Waals surface area contributed by atoms with Crippen LogP contribution in [0.4, 0.5) is 0 Å². The average molecular weight is 455 g/mol. The zero-order chi connectivity index (χ0) is 22.7. The van der Waals surface area contributed by atoms with Crippen LogP contribution in [0.15, 0.2) is 30.3 Å². The number of aryl methyl sites for hydroxylation is 2. The van der Waals surface area contributed by atoms with Gasteiger partial charge >= 0.3 is 0 Å². The van der Waals surface area contributed by atoms with Crippen LogP contribution in [0.5, 0.6) is 0 Å². The maximum atomic E-state index is 13.2. The summed E-state index contributed by atoms with van der Waals surface area (Å²) < 4.78 is 0. The molecule has 8 heteroatoms. The lowest BCUT2D eigenvalue weighted by molar-refractivity contribution is -0.136. The fourth-order valence-electron chi connectivity index (χ4n) is 4.27. The van der Waals surface area contributed by atoms with E-state index in [9.17, 15) is 14.4 Å². The number of hydrogen-bond acceptors (Lipinski definition) is 5. The average Bonchev–Trinajstić information content (AvgIpc) is 3.57. The Kier molecular flexibility index (Phi) is 6.89. The van der Waals surface area contributed by atoms with Crippen molar-refractivity contribution in [3.8, 4) is 0 Å². The van der Waals surface area contributed by atoms with Crippen molar-refractivity contribution < 1.29 is 14.4 Å². The number of thiazole rings is 1. The second-order valence-electron chi connectivity index (χ2n) is 8.58. The molecule has 1 aromatic heterocycles. The van der Waals surface area contributed by atoms with Crippen molar-refractivity contribution in [2.75, 3.05) is 26.2 Å². The molecule has 1 aliphatic heterocycles. The number of amides is 3. The molecular formula is C24H30N4O3S. The van der Waals surface area contributed by atoms with Crippen molar-refractivity contribution >= 4 is 29.1 Å². The van der Waals surface area contributed by atoms with Crippen LogP contribution < -0.4 is 5.32 Å². The van der Waals surface area contributed by atoms with Crippen LogP contribution in [0.2, 0.25) is 0 Å². The Balaban J connectivity index is 1.57. The van der Waals surface area contributed by atoms with Crippen LogP contribution in [-0.4, -0.2) is 58.7 Å². The zero-order valence-corrected chi connectivity index (χ0v) is 19.5. The summed E-state index contributed by atoms with van der Waals surface area (Å²) in [6.45, 7) is 5.62. The van der Waals surface area contributed by atoms with Crippen LogP contribution in [0.1, 0.15) is 57.7 Å². The van der Waals surface area contributed by atoms with Crippen LogP contribution in [0.25, 0.3) is 0 Å². The van der Waals surface area contributed by atoms with Gasteiger partial charge in [-0.15, -0.1) is 11.3 Å². The highest BCUT2D eigenvalue weighted by Gasteiger charge is 2.37. The maximum absolute atomic E-state index is 13.2. The van der Waals surface area contributed by atoms with E-state index in [1.807, 2.05) is 49.1 Å². The lowest BCUT2D eigenvalue weighted by Crippen LogP contribution is -2.39. The minimum absolute atomic E-state index is 0.0544. The summed E-state index contributed by atoms with van der Waals surface area (Å²) in [5.41, 5.74) is 1.71. The number of nitrogens with one attached hydrogen (secondary N) is 1. The summed E-state index contributed by atoms with van der Waals surface area (Å²) in [6, 6.07) is 9.49. The van der Waals surface area contributed by atoms with Crippen LogP contribution in [0.3, 0.4) is 0 Å². The van der Waals surface area contributed by atoms with Gasteiger partial charge in [0.05, 0.1) is 23.2 Å². The van der Waals surface area contributed by atoms with Gasteiger partial charge in [-0.1, -0.05) is 30.3 Å². The Labute approximate surface area is 192 Å². The first kappa shape index (κ1) is 22.5. The standard InChI is InChI=1S/C24H30N4O3S/c1-16-22(32-17(2)26-16)24(31)27-12-6-13-28(23(30)19-9-10-19)20(15-21(29)25-11-14-27)18-7-4-3-5-8-18/h3-5,7-8,19-20H,6,9-15H2,1-2H3,(H,25,29). The highest BCUT2D eigenvalue weighted by Crippen LogP contribution is 2.35. The fourth-order valence-corrected chi connectivity index (χ4v) is 5.15. The molecule has 7 nitrogen and oxygen atoms in total. The van der Waals surface area contributed by atoms with E-state index in [2.05, 4.69) is 10.3 Å². The molecule has 0 bridgehead atoms. The van der Waals surface area contributed by atoms with Gasteiger partial charge in [0.2, 0.25) is 11.8 Å². The molecule has 1 N–H and O–H groups in total. The molecule has 1 saturated carbocycles. The molecule has 1 unspecified atom stereocenters. The normalized spacial score (nSPS) is 20.4. The summed E-state index contributed by atoms with van der Waals surface area (Å²) >= 11 is 1.40. The van der Waals surface area contributed by atoms with Gasteiger partial charge in [0.25, 0.3) is 5.91 Å². The number of aromatic nitrogens is 1. The van der Waals surface area contributed by atoms with Gasteiger partial charge in [-0.3, -0.25) is 14.4 Å². The molecule has 4 rings (SSSR count). The van der Waals surface area contributed by atoms with Crippen LogP contribution >= 0.6 is 11.3 Å². The Morgan fingerprint density at radius 1 is 1.09 bits per heavy atom. The smallest absolute Gasteiger partial charge is 0.265 e. The van der Waals surface area contributed by atoms with Gasteiger partial charge in [-0.05, 0) is 38.7 Å². The Morgan fingerprint density at radius 3 is 2.50 bits per heavy atom. The largest absolute Gasteiger partial charge is 0.354 e. The van der Waals surface area contributed by atoms with E-state index >= 15 is 0 Å². The van der Waals surface area contributed by atoms with Gasteiger partial charge in [0.1, 0.15) is 4.88 Å². The second kappa shape index (κ2) is 9.81. The molecule has 1 aliphatic carbocycles. The molecule has 0 spiro atoms. The molecule has 2 aromatic rings. The molecular weight excluding hydrogens is 424 g/mol. The molecule has 0 radical (unpaired) electrons. The molecule has 32 heavy (non-hydrogen) atoms. The number of carbonyl (C=O) groups is 3. The first-order valence-corrected chi connectivity index (χ1v) is 12.1. The Bertz CT molecular complexity index is 986. The van der Waals surface area contributed by atoms with E-state index < -0.39 is 0 Å². The summed E-state index contributed by atoms with van der Waals surface area (Å²) in [6.07, 6.45) is 2.72. The molecule has 1 aromatic carbocycles. The minimum Gasteiger partial charge on any atom is -0.354 e. The van der Waals surface area contributed by atoms with Crippen molar-refractivity contribution in [1.29, 1.82) is 0 Å². The topological polar surface area (TPSA) is 82.6 Å². The molecule has 1 atom stereocenters. The second-order valence-corrected chi connectivity index (χ2v) is 9.78. The third-order valence-electron chi connectivity index (χ3n) is 6.06. The summed E-state index contributed by atoms with van der Waals surface area (Å²) in [4.78, 5) is 47.9. The van der Waals surface area contributed by atoms with E-state index in [0.717, 1.165) is 29.1 Å². The van der Waals surface area contributed by atoms with Crippen molar-refractivity contribution in [3.05, 3.63) is 51.5 Å².